The third kappa shape index (κ3) is 2.86. The number of likely N-dealkylation sites (tertiary alicyclic amines) is 1. The Bertz CT molecular complexity index is 435. The minimum Gasteiger partial charge on any atom is -0.347 e. The van der Waals surface area contributed by atoms with Crippen molar-refractivity contribution in [2.45, 2.75) is 31.5 Å². The van der Waals surface area contributed by atoms with E-state index in [9.17, 15) is 14.4 Å². The van der Waals surface area contributed by atoms with E-state index in [1.807, 2.05) is 0 Å². The lowest BCUT2D eigenvalue weighted by Gasteiger charge is -2.37. The summed E-state index contributed by atoms with van der Waals surface area (Å²) in [4.78, 5) is 36.7. The Labute approximate surface area is 122 Å². The smallest absolute Gasteiger partial charge is 0.251 e. The van der Waals surface area contributed by atoms with Crippen LogP contribution < -0.4 is 10.9 Å². The molecule has 3 heterocycles. The summed E-state index contributed by atoms with van der Waals surface area (Å²) >= 11 is 0. The van der Waals surface area contributed by atoms with Gasteiger partial charge in [0.15, 0.2) is 5.79 Å². The van der Waals surface area contributed by atoms with Crippen LogP contribution in [0.15, 0.2) is 0 Å². The standard InChI is InChI=1S/C13H19N3O5/c17-10(2-1-9-11(18)14-15-12(9)19)16-5-3-13(4-6-16)20-7-8-21-13/h9H,1-8H2,(H,14,18)(H,15,19). The fourth-order valence-corrected chi connectivity index (χ4v) is 2.99. The number of nitrogens with one attached hydrogen (secondary N) is 2. The third-order valence-electron chi connectivity index (χ3n) is 4.28. The minimum absolute atomic E-state index is 0.0321. The fourth-order valence-electron chi connectivity index (χ4n) is 2.99. The van der Waals surface area contributed by atoms with Crippen LogP contribution in [0.5, 0.6) is 0 Å². The Balaban J connectivity index is 1.46. The molecule has 1 spiro atoms. The van der Waals surface area contributed by atoms with E-state index in [1.165, 1.54) is 0 Å². The van der Waals surface area contributed by atoms with Gasteiger partial charge in [-0.15, -0.1) is 0 Å². The number of carbonyl (C=O) groups is 3. The number of nitrogens with zero attached hydrogens (tertiary/aromatic N) is 1. The highest BCUT2D eigenvalue weighted by Crippen LogP contribution is 2.31. The molecule has 0 aliphatic carbocycles. The molecule has 21 heavy (non-hydrogen) atoms. The van der Waals surface area contributed by atoms with Crippen LogP contribution in [0.4, 0.5) is 0 Å². The van der Waals surface area contributed by atoms with E-state index < -0.39 is 11.7 Å². The molecule has 3 aliphatic heterocycles. The predicted octanol–water partition coefficient (Wildman–Crippen LogP) is -1.09. The topological polar surface area (TPSA) is 97.0 Å². The van der Waals surface area contributed by atoms with Gasteiger partial charge in [0.1, 0.15) is 5.92 Å². The van der Waals surface area contributed by atoms with E-state index >= 15 is 0 Å². The molecule has 3 aliphatic rings. The van der Waals surface area contributed by atoms with Gasteiger partial charge in [-0.25, -0.2) is 0 Å². The second kappa shape index (κ2) is 5.61. The first-order valence-corrected chi connectivity index (χ1v) is 7.25. The first kappa shape index (κ1) is 14.3. The second-order valence-corrected chi connectivity index (χ2v) is 5.56. The van der Waals surface area contributed by atoms with Crippen molar-refractivity contribution in [2.24, 2.45) is 5.92 Å². The highest BCUT2D eigenvalue weighted by atomic mass is 16.7. The van der Waals surface area contributed by atoms with Gasteiger partial charge in [-0.2, -0.15) is 0 Å². The molecule has 3 saturated heterocycles. The number of hydrazine groups is 1. The maximum Gasteiger partial charge on any atom is 0.251 e. The molecule has 8 heteroatoms. The van der Waals surface area contributed by atoms with E-state index in [4.69, 9.17) is 9.47 Å². The van der Waals surface area contributed by atoms with Gasteiger partial charge < -0.3 is 14.4 Å². The SMILES string of the molecule is O=C1NNC(=O)C1CCC(=O)N1CCC2(CC1)OCCO2. The van der Waals surface area contributed by atoms with E-state index in [1.54, 1.807) is 4.90 Å². The van der Waals surface area contributed by atoms with Crippen LogP contribution in [0.3, 0.4) is 0 Å². The van der Waals surface area contributed by atoms with Gasteiger partial charge in [-0.05, 0) is 6.42 Å². The van der Waals surface area contributed by atoms with Crippen LogP contribution in [-0.2, 0) is 23.9 Å². The van der Waals surface area contributed by atoms with Crippen molar-refractivity contribution in [2.75, 3.05) is 26.3 Å². The molecule has 8 nitrogen and oxygen atoms in total. The number of carbonyl (C=O) groups excluding carboxylic acids is 3. The molecule has 0 saturated carbocycles. The van der Waals surface area contributed by atoms with Crippen molar-refractivity contribution < 1.29 is 23.9 Å². The maximum absolute atomic E-state index is 12.2. The summed E-state index contributed by atoms with van der Waals surface area (Å²) in [6, 6.07) is 0. The van der Waals surface area contributed by atoms with Crippen molar-refractivity contribution in [1.29, 1.82) is 0 Å². The zero-order chi connectivity index (χ0) is 14.9. The number of hydrogen-bond acceptors (Lipinski definition) is 5. The molecule has 2 N–H and O–H groups in total. The predicted molar refractivity (Wildman–Crippen MR) is 69.5 cm³/mol. The Morgan fingerprint density at radius 1 is 1.14 bits per heavy atom. The summed E-state index contributed by atoms with van der Waals surface area (Å²) < 4.78 is 11.2. The lowest BCUT2D eigenvalue weighted by atomic mass is 10.0. The first-order chi connectivity index (χ1) is 10.1. The van der Waals surface area contributed by atoms with E-state index in [0.29, 0.717) is 39.1 Å². The zero-order valence-electron chi connectivity index (χ0n) is 11.7. The van der Waals surface area contributed by atoms with Gasteiger partial charge in [0.05, 0.1) is 13.2 Å². The minimum atomic E-state index is -0.758. The van der Waals surface area contributed by atoms with Gasteiger partial charge in [-0.3, -0.25) is 25.2 Å². The van der Waals surface area contributed by atoms with Crippen molar-refractivity contribution >= 4 is 17.7 Å². The molecule has 0 atom stereocenters. The highest BCUT2D eigenvalue weighted by Gasteiger charge is 2.41. The Hall–Kier alpha value is -1.67. The summed E-state index contributed by atoms with van der Waals surface area (Å²) in [7, 11) is 0. The Morgan fingerprint density at radius 2 is 1.71 bits per heavy atom. The lowest BCUT2D eigenvalue weighted by molar-refractivity contribution is -0.187. The molecule has 0 radical (unpaired) electrons. The third-order valence-corrected chi connectivity index (χ3v) is 4.28. The van der Waals surface area contributed by atoms with Crippen molar-refractivity contribution in [3.8, 4) is 0 Å². The molecular weight excluding hydrogens is 278 g/mol. The average Bonchev–Trinajstić information content (AvgIpc) is 3.06. The van der Waals surface area contributed by atoms with Crippen molar-refractivity contribution in [3.05, 3.63) is 0 Å². The molecular formula is C13H19N3O5. The molecule has 0 aromatic rings. The van der Waals surface area contributed by atoms with Crippen LogP contribution in [-0.4, -0.2) is 54.7 Å². The first-order valence-electron chi connectivity index (χ1n) is 7.25. The molecule has 116 valence electrons. The summed E-state index contributed by atoms with van der Waals surface area (Å²) in [6.07, 6.45) is 1.78. The lowest BCUT2D eigenvalue weighted by Crippen LogP contribution is -2.47. The molecule has 3 fully saturated rings. The van der Waals surface area contributed by atoms with Crippen molar-refractivity contribution in [3.63, 3.8) is 0 Å². The van der Waals surface area contributed by atoms with Gasteiger partial charge in [-0.1, -0.05) is 0 Å². The Kier molecular flexibility index (Phi) is 3.81. The number of hydrogen-bond donors (Lipinski definition) is 2. The van der Waals surface area contributed by atoms with Crippen LogP contribution in [0.1, 0.15) is 25.7 Å². The number of rotatable bonds is 3. The molecule has 0 bridgehead atoms. The van der Waals surface area contributed by atoms with Crippen LogP contribution in [0.2, 0.25) is 0 Å². The monoisotopic (exact) mass is 297 g/mol. The fraction of sp³-hybridized carbons (Fsp3) is 0.769. The van der Waals surface area contributed by atoms with E-state index in [0.717, 1.165) is 0 Å². The van der Waals surface area contributed by atoms with Gasteiger partial charge in [0.25, 0.3) is 11.8 Å². The summed E-state index contributed by atoms with van der Waals surface area (Å²) in [5.74, 6) is -2.01. The highest BCUT2D eigenvalue weighted by molar-refractivity contribution is 6.05. The normalized spacial score (nSPS) is 25.2. The van der Waals surface area contributed by atoms with Crippen LogP contribution in [0.25, 0.3) is 0 Å². The summed E-state index contributed by atoms with van der Waals surface area (Å²) in [6.45, 7) is 2.39. The van der Waals surface area contributed by atoms with Gasteiger partial charge in [0, 0.05) is 32.4 Å². The zero-order valence-corrected chi connectivity index (χ0v) is 11.7. The number of piperidine rings is 1. The average molecular weight is 297 g/mol. The quantitative estimate of drug-likeness (QED) is 0.645. The van der Waals surface area contributed by atoms with Gasteiger partial charge >= 0.3 is 0 Å². The molecule has 0 aromatic heterocycles. The molecule has 3 amide bonds. The second-order valence-electron chi connectivity index (χ2n) is 5.56. The number of amides is 3. The van der Waals surface area contributed by atoms with Crippen LogP contribution in [0, 0.1) is 5.92 Å². The maximum atomic E-state index is 12.2. The van der Waals surface area contributed by atoms with Crippen molar-refractivity contribution in [1.82, 2.24) is 15.8 Å². The molecule has 3 rings (SSSR count). The molecule has 0 unspecified atom stereocenters. The summed E-state index contributed by atoms with van der Waals surface area (Å²) in [5, 5.41) is 0. The van der Waals surface area contributed by atoms with E-state index in [-0.39, 0.29) is 30.6 Å². The molecule has 0 aromatic carbocycles. The Morgan fingerprint density at radius 3 is 2.29 bits per heavy atom. The van der Waals surface area contributed by atoms with Gasteiger partial charge in [0.2, 0.25) is 5.91 Å². The van der Waals surface area contributed by atoms with E-state index in [2.05, 4.69) is 10.9 Å². The summed E-state index contributed by atoms with van der Waals surface area (Å²) in [5.41, 5.74) is 4.52. The number of ether oxygens (including phenoxy) is 2. The largest absolute Gasteiger partial charge is 0.347 e. The van der Waals surface area contributed by atoms with Crippen LogP contribution >= 0.6 is 0 Å².